The Kier molecular flexibility index (Phi) is 3.70. The van der Waals surface area contributed by atoms with Crippen LogP contribution in [0.25, 0.3) is 22.8 Å². The first kappa shape index (κ1) is 13.6. The number of hydrogen-bond donors (Lipinski definition) is 0. The highest BCUT2D eigenvalue weighted by Crippen LogP contribution is 2.23. The molecule has 2 heterocycles. The molecule has 0 radical (unpaired) electrons. The van der Waals surface area contributed by atoms with Gasteiger partial charge in [-0.1, -0.05) is 6.07 Å². The smallest absolute Gasteiger partial charge is 0.201 e. The number of benzene rings is 1. The molecule has 0 amide bonds. The monoisotopic (exact) mass is 289 g/mol. The van der Waals surface area contributed by atoms with Gasteiger partial charge in [0.05, 0.1) is 7.11 Å². The lowest BCUT2D eigenvalue weighted by Crippen LogP contribution is -2.01. The van der Waals surface area contributed by atoms with Gasteiger partial charge in [0.25, 0.3) is 0 Å². The molecule has 3 rings (SSSR count). The molecule has 2 aromatic heterocycles. The molecule has 0 aliphatic rings. The molecule has 0 unspecified atom stereocenters. The number of nitrogens with zero attached hydrogens (tertiary/aromatic N) is 5. The van der Waals surface area contributed by atoms with Crippen LogP contribution < -0.4 is 4.74 Å². The van der Waals surface area contributed by atoms with E-state index in [1.54, 1.807) is 37.6 Å². The summed E-state index contributed by atoms with van der Waals surface area (Å²) in [4.78, 5) is 8.41. The van der Waals surface area contributed by atoms with Gasteiger partial charge >= 0.3 is 0 Å². The van der Waals surface area contributed by atoms with Crippen molar-refractivity contribution >= 4 is 0 Å². The first-order valence-electron chi connectivity index (χ1n) is 6.52. The van der Waals surface area contributed by atoms with Crippen molar-refractivity contribution in [1.29, 1.82) is 5.26 Å². The summed E-state index contributed by atoms with van der Waals surface area (Å²) in [7, 11) is 1.60. The van der Waals surface area contributed by atoms with Crippen LogP contribution in [-0.4, -0.2) is 27.3 Å². The van der Waals surface area contributed by atoms with E-state index in [0.717, 1.165) is 11.3 Å². The summed E-state index contributed by atoms with van der Waals surface area (Å²) >= 11 is 0. The zero-order chi connectivity index (χ0) is 15.4. The van der Waals surface area contributed by atoms with Crippen LogP contribution in [-0.2, 0) is 0 Å². The van der Waals surface area contributed by atoms with Crippen molar-refractivity contribution in [2.24, 2.45) is 0 Å². The van der Waals surface area contributed by atoms with Crippen molar-refractivity contribution in [3.8, 4) is 34.6 Å². The predicted molar refractivity (Wildman–Crippen MR) is 79.8 cm³/mol. The number of rotatable bonds is 3. The Morgan fingerprint density at radius 3 is 2.50 bits per heavy atom. The maximum absolute atomic E-state index is 9.33. The van der Waals surface area contributed by atoms with Gasteiger partial charge in [0.15, 0.2) is 5.69 Å². The third kappa shape index (κ3) is 2.60. The van der Waals surface area contributed by atoms with Gasteiger partial charge in [-0.2, -0.15) is 5.26 Å². The summed E-state index contributed by atoms with van der Waals surface area (Å²) in [6, 6.07) is 14.7. The fourth-order valence-electron chi connectivity index (χ4n) is 1.95. The first-order chi connectivity index (χ1) is 10.8. The molecule has 0 bridgehead atoms. The third-order valence-corrected chi connectivity index (χ3v) is 3.05. The van der Waals surface area contributed by atoms with Crippen LogP contribution in [0.15, 0.2) is 48.7 Å². The van der Waals surface area contributed by atoms with E-state index >= 15 is 0 Å². The van der Waals surface area contributed by atoms with Gasteiger partial charge < -0.3 is 4.74 Å². The van der Waals surface area contributed by atoms with Crippen LogP contribution >= 0.6 is 0 Å². The maximum atomic E-state index is 9.33. The summed E-state index contributed by atoms with van der Waals surface area (Å²) in [5.41, 5.74) is 1.98. The molecular formula is C16H11N5O. The lowest BCUT2D eigenvalue weighted by atomic mass is 10.1. The molecule has 0 saturated heterocycles. The van der Waals surface area contributed by atoms with E-state index in [1.165, 1.54) is 0 Å². The van der Waals surface area contributed by atoms with Crippen LogP contribution in [0.3, 0.4) is 0 Å². The Balaban J connectivity index is 2.04. The quantitative estimate of drug-likeness (QED) is 0.736. The molecule has 0 fully saturated rings. The highest BCUT2D eigenvalue weighted by Gasteiger charge is 2.12. The number of hydrogen-bond acceptors (Lipinski definition) is 6. The fourth-order valence-corrected chi connectivity index (χ4v) is 1.95. The van der Waals surface area contributed by atoms with Gasteiger partial charge in [0.2, 0.25) is 5.82 Å². The van der Waals surface area contributed by atoms with E-state index in [2.05, 4.69) is 26.2 Å². The molecule has 106 valence electrons. The van der Waals surface area contributed by atoms with Crippen molar-refractivity contribution in [3.63, 3.8) is 0 Å². The SMILES string of the molecule is COc1ccc(-c2nnc(-c3ccccn3)nc2C#N)cc1. The maximum Gasteiger partial charge on any atom is 0.201 e. The van der Waals surface area contributed by atoms with Gasteiger partial charge in [-0.3, -0.25) is 4.98 Å². The van der Waals surface area contributed by atoms with Crippen molar-refractivity contribution in [3.05, 3.63) is 54.4 Å². The second-order valence-corrected chi connectivity index (χ2v) is 4.39. The highest BCUT2D eigenvalue weighted by atomic mass is 16.5. The Labute approximate surface area is 127 Å². The normalized spacial score (nSPS) is 10.0. The number of pyridine rings is 1. The summed E-state index contributed by atoms with van der Waals surface area (Å²) in [6.07, 6.45) is 1.64. The summed E-state index contributed by atoms with van der Waals surface area (Å²) in [6.45, 7) is 0. The van der Waals surface area contributed by atoms with Crippen LogP contribution in [0.4, 0.5) is 0 Å². The number of methoxy groups -OCH3 is 1. The number of ether oxygens (including phenoxy) is 1. The largest absolute Gasteiger partial charge is 0.497 e. The Hall–Kier alpha value is -3.33. The third-order valence-electron chi connectivity index (χ3n) is 3.05. The fraction of sp³-hybridized carbons (Fsp3) is 0.0625. The lowest BCUT2D eigenvalue weighted by Gasteiger charge is -2.05. The molecule has 0 N–H and O–H groups in total. The molecule has 1 aromatic carbocycles. The Bertz CT molecular complexity index is 825. The van der Waals surface area contributed by atoms with Crippen molar-refractivity contribution in [1.82, 2.24) is 20.2 Å². The van der Waals surface area contributed by atoms with E-state index in [-0.39, 0.29) is 5.69 Å². The van der Waals surface area contributed by atoms with Crippen molar-refractivity contribution < 1.29 is 4.74 Å². The van der Waals surface area contributed by atoms with Crippen molar-refractivity contribution in [2.45, 2.75) is 0 Å². The second kappa shape index (κ2) is 5.97. The number of aromatic nitrogens is 4. The van der Waals surface area contributed by atoms with E-state index in [0.29, 0.717) is 17.2 Å². The van der Waals surface area contributed by atoms with Gasteiger partial charge in [-0.25, -0.2) is 4.98 Å². The lowest BCUT2D eigenvalue weighted by molar-refractivity contribution is 0.415. The second-order valence-electron chi connectivity index (χ2n) is 4.39. The van der Waals surface area contributed by atoms with Crippen LogP contribution in [0, 0.1) is 11.3 Å². The minimum Gasteiger partial charge on any atom is -0.497 e. The Morgan fingerprint density at radius 1 is 1.05 bits per heavy atom. The van der Waals surface area contributed by atoms with E-state index < -0.39 is 0 Å². The van der Waals surface area contributed by atoms with Crippen molar-refractivity contribution in [2.75, 3.05) is 7.11 Å². The molecule has 0 saturated carbocycles. The standard InChI is InChI=1S/C16H11N5O/c1-22-12-7-5-11(6-8-12)15-14(10-17)19-16(21-20-15)13-4-2-3-9-18-13/h2-9H,1H3. The molecule has 0 atom stereocenters. The average molecular weight is 289 g/mol. The van der Waals surface area contributed by atoms with E-state index in [1.807, 2.05) is 18.2 Å². The van der Waals surface area contributed by atoms with Crippen LogP contribution in [0.1, 0.15) is 5.69 Å². The van der Waals surface area contributed by atoms with Gasteiger partial charge in [0, 0.05) is 11.8 Å². The van der Waals surface area contributed by atoms with Gasteiger partial charge in [-0.05, 0) is 36.4 Å². The number of nitriles is 1. The topological polar surface area (TPSA) is 84.6 Å². The summed E-state index contributed by atoms with van der Waals surface area (Å²) < 4.78 is 5.11. The Morgan fingerprint density at radius 2 is 1.86 bits per heavy atom. The molecule has 6 nitrogen and oxygen atoms in total. The summed E-state index contributed by atoms with van der Waals surface area (Å²) in [5, 5.41) is 17.5. The minimum absolute atomic E-state index is 0.209. The van der Waals surface area contributed by atoms with E-state index in [4.69, 9.17) is 4.74 Å². The average Bonchev–Trinajstić information content (AvgIpc) is 2.62. The molecule has 0 spiro atoms. The predicted octanol–water partition coefficient (Wildman–Crippen LogP) is 2.48. The van der Waals surface area contributed by atoms with E-state index in [9.17, 15) is 5.26 Å². The van der Waals surface area contributed by atoms with Crippen LogP contribution in [0.5, 0.6) is 5.75 Å². The zero-order valence-corrected chi connectivity index (χ0v) is 11.8. The molecule has 0 aliphatic heterocycles. The highest BCUT2D eigenvalue weighted by molar-refractivity contribution is 5.66. The zero-order valence-electron chi connectivity index (χ0n) is 11.8. The van der Waals surface area contributed by atoms with Gasteiger partial charge in [0.1, 0.15) is 23.2 Å². The van der Waals surface area contributed by atoms with Gasteiger partial charge in [-0.15, -0.1) is 10.2 Å². The molecule has 3 aromatic rings. The first-order valence-corrected chi connectivity index (χ1v) is 6.52. The molecule has 22 heavy (non-hydrogen) atoms. The summed E-state index contributed by atoms with van der Waals surface area (Å²) in [5.74, 6) is 1.06. The molecule has 0 aliphatic carbocycles. The van der Waals surface area contributed by atoms with Crippen LogP contribution in [0.2, 0.25) is 0 Å². The molecule has 6 heteroatoms. The minimum atomic E-state index is 0.209. The molecular weight excluding hydrogens is 278 g/mol.